The van der Waals surface area contributed by atoms with Crippen molar-refractivity contribution < 1.29 is 9.50 Å². The monoisotopic (exact) mass is 183 g/mol. The largest absolute Gasteiger partial charge is 0.503 e. The van der Waals surface area contributed by atoms with E-state index < -0.39 is 11.6 Å². The fraction of sp³-hybridized carbons (Fsp3) is 0. The van der Waals surface area contributed by atoms with Gasteiger partial charge in [0.2, 0.25) is 0 Å². The molecule has 0 aliphatic rings. The van der Waals surface area contributed by atoms with Gasteiger partial charge in [-0.3, -0.25) is 0 Å². The third kappa shape index (κ3) is 0.848. The Hall–Kier alpha value is -1.29. The van der Waals surface area contributed by atoms with Crippen LogP contribution in [0, 0.1) is 5.82 Å². The Labute approximate surface area is 72.1 Å². The lowest BCUT2D eigenvalue weighted by molar-refractivity contribution is 0.439. The number of hydrogen-bond donors (Lipinski definition) is 2. The molecule has 3 N–H and O–H groups in total. The van der Waals surface area contributed by atoms with E-state index in [1.54, 1.807) is 17.5 Å². The molecule has 0 saturated carbocycles. The van der Waals surface area contributed by atoms with E-state index in [9.17, 15) is 4.39 Å². The Kier molecular flexibility index (Phi) is 1.44. The van der Waals surface area contributed by atoms with Gasteiger partial charge in [0.1, 0.15) is 0 Å². The number of phenolic OH excluding ortho intramolecular Hbond substituents is 1. The number of aromatic hydroxyl groups is 1. The highest BCUT2D eigenvalue weighted by molar-refractivity contribution is 7.17. The summed E-state index contributed by atoms with van der Waals surface area (Å²) < 4.78 is 13.9. The van der Waals surface area contributed by atoms with Gasteiger partial charge in [-0.25, -0.2) is 4.39 Å². The number of benzene rings is 1. The summed E-state index contributed by atoms with van der Waals surface area (Å²) in [6.07, 6.45) is 0. The zero-order valence-corrected chi connectivity index (χ0v) is 6.86. The average Bonchev–Trinajstić information content (AvgIpc) is 2.48. The Balaban J connectivity index is 2.94. The maximum atomic E-state index is 13.2. The summed E-state index contributed by atoms with van der Waals surface area (Å²) >= 11 is 1.39. The van der Waals surface area contributed by atoms with Gasteiger partial charge in [0.15, 0.2) is 11.6 Å². The highest BCUT2D eigenvalue weighted by atomic mass is 32.1. The fourth-order valence-corrected chi connectivity index (χ4v) is 1.91. The van der Waals surface area contributed by atoms with Crippen LogP contribution in [0.1, 0.15) is 0 Å². The van der Waals surface area contributed by atoms with E-state index in [4.69, 9.17) is 10.8 Å². The Morgan fingerprint density at radius 2 is 2.25 bits per heavy atom. The van der Waals surface area contributed by atoms with E-state index in [1.807, 2.05) is 0 Å². The van der Waals surface area contributed by atoms with Crippen LogP contribution in [-0.4, -0.2) is 5.11 Å². The molecule has 1 aromatic carbocycles. The molecule has 1 heterocycles. The molecule has 1 aromatic heterocycles. The molecule has 0 fully saturated rings. The van der Waals surface area contributed by atoms with Crippen LogP contribution in [0.25, 0.3) is 10.1 Å². The minimum absolute atomic E-state index is 0.0856. The summed E-state index contributed by atoms with van der Waals surface area (Å²) in [5.41, 5.74) is 5.45. The third-order valence-electron chi connectivity index (χ3n) is 1.70. The highest BCUT2D eigenvalue weighted by Crippen LogP contribution is 2.33. The first-order valence-electron chi connectivity index (χ1n) is 3.34. The molecule has 62 valence electrons. The summed E-state index contributed by atoms with van der Waals surface area (Å²) in [5.74, 6) is -1.09. The molecule has 0 aliphatic heterocycles. The van der Waals surface area contributed by atoms with Crippen LogP contribution in [0.3, 0.4) is 0 Å². The topological polar surface area (TPSA) is 46.2 Å². The molecule has 0 unspecified atom stereocenters. The molecular weight excluding hydrogens is 177 g/mol. The van der Waals surface area contributed by atoms with E-state index in [2.05, 4.69) is 0 Å². The normalized spacial score (nSPS) is 10.8. The van der Waals surface area contributed by atoms with E-state index >= 15 is 0 Å². The van der Waals surface area contributed by atoms with Crippen molar-refractivity contribution in [2.24, 2.45) is 0 Å². The zero-order chi connectivity index (χ0) is 8.72. The quantitative estimate of drug-likeness (QED) is 0.486. The first-order chi connectivity index (χ1) is 5.70. The number of anilines is 1. The molecule has 2 aromatic rings. The summed E-state index contributed by atoms with van der Waals surface area (Å²) in [7, 11) is 0. The van der Waals surface area contributed by atoms with Crippen LogP contribution < -0.4 is 5.73 Å². The maximum absolute atomic E-state index is 13.2. The summed E-state index contributed by atoms with van der Waals surface area (Å²) in [4.78, 5) is 0. The number of nitrogen functional groups attached to an aromatic ring is 1. The Morgan fingerprint density at radius 1 is 1.50 bits per heavy atom. The van der Waals surface area contributed by atoms with Gasteiger partial charge in [-0.15, -0.1) is 11.3 Å². The van der Waals surface area contributed by atoms with Gasteiger partial charge in [-0.05, 0) is 17.5 Å². The molecule has 0 radical (unpaired) electrons. The Bertz CT molecular complexity index is 438. The molecule has 0 atom stereocenters. The number of halogens is 1. The summed E-state index contributed by atoms with van der Waals surface area (Å²) in [6.45, 7) is 0. The van der Waals surface area contributed by atoms with Crippen LogP contribution in [-0.2, 0) is 0 Å². The molecule has 2 nitrogen and oxygen atoms in total. The number of nitrogens with two attached hydrogens (primary N) is 1. The second-order valence-corrected chi connectivity index (χ2v) is 3.41. The van der Waals surface area contributed by atoms with Gasteiger partial charge >= 0.3 is 0 Å². The fourth-order valence-electron chi connectivity index (χ4n) is 1.08. The second kappa shape index (κ2) is 2.35. The van der Waals surface area contributed by atoms with E-state index in [1.165, 1.54) is 11.3 Å². The number of hydrogen-bond acceptors (Lipinski definition) is 3. The minimum Gasteiger partial charge on any atom is -0.503 e. The summed E-state index contributed by atoms with van der Waals surface area (Å²) in [6, 6.07) is 3.19. The van der Waals surface area contributed by atoms with Crippen LogP contribution in [0.15, 0.2) is 17.5 Å². The molecule has 4 heteroatoms. The number of rotatable bonds is 0. The van der Waals surface area contributed by atoms with Gasteiger partial charge in [0, 0.05) is 10.1 Å². The van der Waals surface area contributed by atoms with Crippen molar-refractivity contribution in [3.05, 3.63) is 23.3 Å². The van der Waals surface area contributed by atoms with Crippen molar-refractivity contribution in [2.45, 2.75) is 0 Å². The average molecular weight is 183 g/mol. The smallest absolute Gasteiger partial charge is 0.175 e. The lowest BCUT2D eigenvalue weighted by Gasteiger charge is -2.00. The first-order valence-corrected chi connectivity index (χ1v) is 4.22. The molecule has 0 spiro atoms. The zero-order valence-electron chi connectivity index (χ0n) is 6.04. The molecule has 0 bridgehead atoms. The van der Waals surface area contributed by atoms with E-state index in [-0.39, 0.29) is 5.69 Å². The maximum Gasteiger partial charge on any atom is 0.175 e. The lowest BCUT2D eigenvalue weighted by Crippen LogP contribution is -1.87. The van der Waals surface area contributed by atoms with Crippen LogP contribution >= 0.6 is 11.3 Å². The number of fused-ring (bicyclic) bond motifs is 1. The van der Waals surface area contributed by atoms with Gasteiger partial charge < -0.3 is 10.8 Å². The van der Waals surface area contributed by atoms with Crippen LogP contribution in [0.4, 0.5) is 10.1 Å². The van der Waals surface area contributed by atoms with E-state index in [0.717, 1.165) is 4.70 Å². The molecular formula is C8H6FNOS. The molecule has 0 aliphatic carbocycles. The van der Waals surface area contributed by atoms with Crippen molar-refractivity contribution >= 4 is 27.1 Å². The van der Waals surface area contributed by atoms with Gasteiger partial charge in [0.25, 0.3) is 0 Å². The van der Waals surface area contributed by atoms with Crippen molar-refractivity contribution in [3.8, 4) is 5.75 Å². The van der Waals surface area contributed by atoms with Crippen molar-refractivity contribution in [1.29, 1.82) is 0 Å². The molecule has 2 rings (SSSR count). The Morgan fingerprint density at radius 3 is 3.00 bits per heavy atom. The van der Waals surface area contributed by atoms with Crippen LogP contribution in [0.5, 0.6) is 5.75 Å². The van der Waals surface area contributed by atoms with Crippen LogP contribution in [0.2, 0.25) is 0 Å². The van der Waals surface area contributed by atoms with Gasteiger partial charge in [0.05, 0.1) is 5.69 Å². The van der Waals surface area contributed by atoms with Crippen molar-refractivity contribution in [3.63, 3.8) is 0 Å². The second-order valence-electron chi connectivity index (χ2n) is 2.46. The highest BCUT2D eigenvalue weighted by Gasteiger charge is 2.10. The van der Waals surface area contributed by atoms with E-state index in [0.29, 0.717) is 5.39 Å². The predicted octanol–water partition coefficient (Wildman–Crippen LogP) is 2.33. The molecule has 0 saturated heterocycles. The first kappa shape index (κ1) is 7.36. The van der Waals surface area contributed by atoms with Gasteiger partial charge in [-0.2, -0.15) is 0 Å². The molecule has 12 heavy (non-hydrogen) atoms. The molecule has 0 amide bonds. The third-order valence-corrected chi connectivity index (χ3v) is 2.56. The van der Waals surface area contributed by atoms with Gasteiger partial charge in [-0.1, -0.05) is 0 Å². The lowest BCUT2D eigenvalue weighted by atomic mass is 10.2. The predicted molar refractivity (Wildman–Crippen MR) is 47.9 cm³/mol. The van der Waals surface area contributed by atoms with Crippen molar-refractivity contribution in [1.82, 2.24) is 0 Å². The van der Waals surface area contributed by atoms with Crippen molar-refractivity contribution in [2.75, 3.05) is 5.73 Å². The number of phenols is 1. The summed E-state index contributed by atoms with van der Waals surface area (Å²) in [5, 5.41) is 11.3. The standard InChI is InChI=1S/C8H6FNOS/c9-7-4-1-2-12-6(4)3-5(10)8(7)11/h1-3,11H,10H2. The minimum atomic E-state index is -0.633. The SMILES string of the molecule is Nc1cc2sccc2c(F)c1O. The number of thiophene rings is 1.